The molecule has 2 aromatic heterocycles. The maximum absolute atomic E-state index is 5.66. The first-order chi connectivity index (χ1) is 11.9. The highest BCUT2D eigenvalue weighted by Gasteiger charge is 2.22. The molecule has 0 radical (unpaired) electrons. The van der Waals surface area contributed by atoms with Crippen molar-refractivity contribution in [3.05, 3.63) is 36.3 Å². The van der Waals surface area contributed by atoms with Crippen molar-refractivity contribution in [3.8, 4) is 5.88 Å². The minimum Gasteiger partial charge on any atom is -0.477 e. The Balaban J connectivity index is 1.31. The first-order valence-electron chi connectivity index (χ1n) is 8.75. The van der Waals surface area contributed by atoms with E-state index in [2.05, 4.69) is 25.2 Å². The Bertz CT molecular complexity index is 665. The molecule has 6 nitrogen and oxygen atoms in total. The summed E-state index contributed by atoms with van der Waals surface area (Å²) in [6.07, 6.45) is 8.56. The molecule has 0 aromatic carbocycles. The van der Waals surface area contributed by atoms with Crippen molar-refractivity contribution >= 4 is 11.6 Å². The standard InChI is InChI=1S/C18H23N5O/c1-2-8-23(7-1)17-9-16(21-13-22-17)19-10-15-5-6-18(20-11-15)24-12-14-3-4-14/h5-6,9,11,13-14H,1-4,7-8,10,12H2,(H,19,21,22). The lowest BCUT2D eigenvalue weighted by atomic mass is 10.3. The summed E-state index contributed by atoms with van der Waals surface area (Å²) in [6.45, 7) is 3.66. The summed E-state index contributed by atoms with van der Waals surface area (Å²) >= 11 is 0. The molecule has 1 N–H and O–H groups in total. The van der Waals surface area contributed by atoms with Crippen molar-refractivity contribution in [2.45, 2.75) is 32.2 Å². The number of pyridine rings is 1. The molecule has 6 heteroatoms. The number of anilines is 2. The van der Waals surface area contributed by atoms with Gasteiger partial charge in [0.15, 0.2) is 0 Å². The van der Waals surface area contributed by atoms with Crippen LogP contribution in [0.4, 0.5) is 11.6 Å². The van der Waals surface area contributed by atoms with Gasteiger partial charge >= 0.3 is 0 Å². The lowest BCUT2D eigenvalue weighted by Crippen LogP contribution is -2.19. The monoisotopic (exact) mass is 325 g/mol. The molecule has 3 heterocycles. The zero-order chi connectivity index (χ0) is 16.2. The van der Waals surface area contributed by atoms with Crippen LogP contribution in [-0.4, -0.2) is 34.6 Å². The van der Waals surface area contributed by atoms with Crippen LogP contribution in [0.25, 0.3) is 0 Å². The summed E-state index contributed by atoms with van der Waals surface area (Å²) in [5.41, 5.74) is 1.11. The molecule has 126 valence electrons. The quantitative estimate of drug-likeness (QED) is 0.844. The fraction of sp³-hybridized carbons (Fsp3) is 0.500. The van der Waals surface area contributed by atoms with Crippen LogP contribution in [0.2, 0.25) is 0 Å². The SMILES string of the molecule is c1nc(NCc2ccc(OCC3CC3)nc2)cc(N2CCCC2)n1. The van der Waals surface area contributed by atoms with E-state index in [1.54, 1.807) is 6.33 Å². The molecule has 1 saturated carbocycles. The first-order valence-corrected chi connectivity index (χ1v) is 8.75. The molecule has 0 amide bonds. The van der Waals surface area contributed by atoms with Crippen LogP contribution in [0.15, 0.2) is 30.7 Å². The summed E-state index contributed by atoms with van der Waals surface area (Å²) in [5.74, 6) is 3.31. The number of rotatable bonds is 7. The number of nitrogens with one attached hydrogen (secondary N) is 1. The summed E-state index contributed by atoms with van der Waals surface area (Å²) in [5, 5.41) is 3.35. The van der Waals surface area contributed by atoms with Crippen LogP contribution in [0.5, 0.6) is 5.88 Å². The largest absolute Gasteiger partial charge is 0.477 e. The Kier molecular flexibility index (Phi) is 4.44. The van der Waals surface area contributed by atoms with E-state index in [0.717, 1.165) is 42.8 Å². The second-order valence-corrected chi connectivity index (χ2v) is 6.57. The third-order valence-electron chi connectivity index (χ3n) is 4.52. The third kappa shape index (κ3) is 3.93. The minimum atomic E-state index is 0.687. The van der Waals surface area contributed by atoms with E-state index in [1.807, 2.05) is 24.4 Å². The molecule has 1 saturated heterocycles. The van der Waals surface area contributed by atoms with Gasteiger partial charge in [0.25, 0.3) is 0 Å². The van der Waals surface area contributed by atoms with Gasteiger partial charge < -0.3 is 15.0 Å². The van der Waals surface area contributed by atoms with E-state index in [0.29, 0.717) is 12.4 Å². The summed E-state index contributed by atoms with van der Waals surface area (Å²) in [4.78, 5) is 15.4. The van der Waals surface area contributed by atoms with E-state index >= 15 is 0 Å². The highest BCUT2D eigenvalue weighted by Crippen LogP contribution is 2.29. The average molecular weight is 325 g/mol. The molecule has 0 bridgehead atoms. The molecule has 0 unspecified atom stereocenters. The molecule has 1 aliphatic carbocycles. The lowest BCUT2D eigenvalue weighted by Gasteiger charge is -2.16. The highest BCUT2D eigenvalue weighted by atomic mass is 16.5. The molecule has 4 rings (SSSR count). The summed E-state index contributed by atoms with van der Waals surface area (Å²) < 4.78 is 5.66. The topological polar surface area (TPSA) is 63.2 Å². The predicted molar refractivity (Wildman–Crippen MR) is 93.3 cm³/mol. The third-order valence-corrected chi connectivity index (χ3v) is 4.52. The smallest absolute Gasteiger partial charge is 0.213 e. The Morgan fingerprint density at radius 1 is 1.12 bits per heavy atom. The molecule has 1 aliphatic heterocycles. The van der Waals surface area contributed by atoms with Crippen molar-refractivity contribution in [2.75, 3.05) is 29.9 Å². The molecule has 0 atom stereocenters. The van der Waals surface area contributed by atoms with Crippen LogP contribution in [0.1, 0.15) is 31.2 Å². The first kappa shape index (κ1) is 15.2. The van der Waals surface area contributed by atoms with Gasteiger partial charge in [-0.3, -0.25) is 0 Å². The number of hydrogen-bond donors (Lipinski definition) is 1. The predicted octanol–water partition coefficient (Wildman–Crippen LogP) is 2.87. The van der Waals surface area contributed by atoms with Crippen LogP contribution >= 0.6 is 0 Å². The van der Waals surface area contributed by atoms with Gasteiger partial charge in [-0.1, -0.05) is 6.07 Å². The van der Waals surface area contributed by atoms with Gasteiger partial charge in [-0.05, 0) is 37.2 Å². The fourth-order valence-electron chi connectivity index (χ4n) is 2.84. The van der Waals surface area contributed by atoms with Gasteiger partial charge in [-0.25, -0.2) is 15.0 Å². The molecule has 2 aromatic rings. The van der Waals surface area contributed by atoms with Gasteiger partial charge in [0, 0.05) is 38.0 Å². The Morgan fingerprint density at radius 3 is 2.75 bits per heavy atom. The zero-order valence-electron chi connectivity index (χ0n) is 13.8. The second-order valence-electron chi connectivity index (χ2n) is 6.57. The number of aromatic nitrogens is 3. The van der Waals surface area contributed by atoms with Crippen LogP contribution in [-0.2, 0) is 6.54 Å². The minimum absolute atomic E-state index is 0.687. The molecular formula is C18H23N5O. The van der Waals surface area contributed by atoms with Crippen molar-refractivity contribution in [1.82, 2.24) is 15.0 Å². The van der Waals surface area contributed by atoms with Gasteiger partial charge in [-0.15, -0.1) is 0 Å². The Morgan fingerprint density at radius 2 is 2.00 bits per heavy atom. The summed E-state index contributed by atoms with van der Waals surface area (Å²) in [6, 6.07) is 6.01. The van der Waals surface area contributed by atoms with Gasteiger partial charge in [0.05, 0.1) is 6.61 Å². The van der Waals surface area contributed by atoms with Crippen LogP contribution in [0, 0.1) is 5.92 Å². The van der Waals surface area contributed by atoms with Gasteiger partial charge in [0.1, 0.15) is 18.0 Å². The number of nitrogens with zero attached hydrogens (tertiary/aromatic N) is 4. The van der Waals surface area contributed by atoms with Crippen molar-refractivity contribution in [1.29, 1.82) is 0 Å². The van der Waals surface area contributed by atoms with E-state index in [1.165, 1.54) is 25.7 Å². The van der Waals surface area contributed by atoms with Gasteiger partial charge in [0.2, 0.25) is 5.88 Å². The fourth-order valence-corrected chi connectivity index (χ4v) is 2.84. The van der Waals surface area contributed by atoms with Crippen molar-refractivity contribution in [3.63, 3.8) is 0 Å². The molecular weight excluding hydrogens is 302 g/mol. The zero-order valence-corrected chi connectivity index (χ0v) is 13.8. The maximum atomic E-state index is 5.66. The number of hydrogen-bond acceptors (Lipinski definition) is 6. The Hall–Kier alpha value is -2.37. The van der Waals surface area contributed by atoms with Crippen molar-refractivity contribution < 1.29 is 4.74 Å². The van der Waals surface area contributed by atoms with E-state index < -0.39 is 0 Å². The molecule has 2 fully saturated rings. The molecule has 0 spiro atoms. The van der Waals surface area contributed by atoms with E-state index in [9.17, 15) is 0 Å². The lowest BCUT2D eigenvalue weighted by molar-refractivity contribution is 0.288. The van der Waals surface area contributed by atoms with Crippen LogP contribution < -0.4 is 15.0 Å². The molecule has 2 aliphatic rings. The van der Waals surface area contributed by atoms with Crippen LogP contribution in [0.3, 0.4) is 0 Å². The summed E-state index contributed by atoms with van der Waals surface area (Å²) in [7, 11) is 0. The van der Waals surface area contributed by atoms with Crippen molar-refractivity contribution in [2.24, 2.45) is 5.92 Å². The maximum Gasteiger partial charge on any atom is 0.213 e. The average Bonchev–Trinajstić information content (AvgIpc) is 3.30. The van der Waals surface area contributed by atoms with Gasteiger partial charge in [-0.2, -0.15) is 0 Å². The normalized spacial score (nSPS) is 17.1. The van der Waals surface area contributed by atoms with E-state index in [-0.39, 0.29) is 0 Å². The molecule has 24 heavy (non-hydrogen) atoms. The Labute approximate surface area is 142 Å². The highest BCUT2D eigenvalue weighted by molar-refractivity contribution is 5.49. The number of ether oxygens (including phenoxy) is 1. The van der Waals surface area contributed by atoms with E-state index in [4.69, 9.17) is 4.74 Å². The second kappa shape index (κ2) is 7.03.